The standard InChI is InChI=1S/C16H19N3O7/c1-8(2)13(15(22)19-16(17)23)26-12(20)6-18-14(21)9-3-4-10-11(5-9)25-7-24-10/h3-5,8,13H,6-7H2,1-2H3,(H,18,21)(H3,17,19,22,23)/t13-/m0/s1. The molecule has 1 aliphatic rings. The molecule has 2 rings (SSSR count). The summed E-state index contributed by atoms with van der Waals surface area (Å²) in [6.45, 7) is 2.88. The maximum absolute atomic E-state index is 12.1. The maximum Gasteiger partial charge on any atom is 0.326 e. The van der Waals surface area contributed by atoms with Crippen molar-refractivity contribution in [1.29, 1.82) is 0 Å². The molecule has 0 aromatic heterocycles. The number of rotatable bonds is 6. The number of nitrogens with two attached hydrogens (primary N) is 1. The van der Waals surface area contributed by atoms with Gasteiger partial charge in [-0.05, 0) is 24.1 Å². The highest BCUT2D eigenvalue weighted by molar-refractivity contribution is 5.98. The van der Waals surface area contributed by atoms with E-state index in [4.69, 9.17) is 19.9 Å². The van der Waals surface area contributed by atoms with Crippen LogP contribution in [0.3, 0.4) is 0 Å². The second kappa shape index (κ2) is 8.19. The number of hydrogen-bond donors (Lipinski definition) is 3. The van der Waals surface area contributed by atoms with Crippen molar-refractivity contribution in [2.24, 2.45) is 11.7 Å². The quantitative estimate of drug-likeness (QED) is 0.597. The summed E-state index contributed by atoms with van der Waals surface area (Å²) in [4.78, 5) is 46.5. The van der Waals surface area contributed by atoms with Crippen molar-refractivity contribution in [3.8, 4) is 11.5 Å². The van der Waals surface area contributed by atoms with Crippen molar-refractivity contribution in [2.45, 2.75) is 20.0 Å². The fraction of sp³-hybridized carbons (Fsp3) is 0.375. The lowest BCUT2D eigenvalue weighted by atomic mass is 10.1. The van der Waals surface area contributed by atoms with Gasteiger partial charge in [-0.15, -0.1) is 0 Å². The van der Waals surface area contributed by atoms with Crippen molar-refractivity contribution in [1.82, 2.24) is 10.6 Å². The van der Waals surface area contributed by atoms with Crippen LogP contribution in [0.4, 0.5) is 4.79 Å². The summed E-state index contributed by atoms with van der Waals surface area (Å²) >= 11 is 0. The molecular formula is C16H19N3O7. The van der Waals surface area contributed by atoms with E-state index in [9.17, 15) is 19.2 Å². The molecular weight excluding hydrogens is 346 g/mol. The third kappa shape index (κ3) is 4.85. The van der Waals surface area contributed by atoms with E-state index in [1.54, 1.807) is 19.9 Å². The smallest absolute Gasteiger partial charge is 0.326 e. The van der Waals surface area contributed by atoms with Gasteiger partial charge in [0.15, 0.2) is 17.6 Å². The van der Waals surface area contributed by atoms with Gasteiger partial charge in [0.2, 0.25) is 6.79 Å². The Hall–Kier alpha value is -3.30. The summed E-state index contributed by atoms with van der Waals surface area (Å²) in [6, 6.07) is 3.54. The Balaban J connectivity index is 1.89. The molecule has 0 saturated carbocycles. The highest BCUT2D eigenvalue weighted by Crippen LogP contribution is 2.32. The van der Waals surface area contributed by atoms with E-state index in [0.717, 1.165) is 0 Å². The monoisotopic (exact) mass is 365 g/mol. The van der Waals surface area contributed by atoms with Gasteiger partial charge in [0.05, 0.1) is 0 Å². The number of carbonyl (C=O) groups is 4. The summed E-state index contributed by atoms with van der Waals surface area (Å²) < 4.78 is 15.3. The molecule has 4 N–H and O–H groups in total. The highest BCUT2D eigenvalue weighted by Gasteiger charge is 2.27. The molecule has 0 radical (unpaired) electrons. The molecule has 0 fully saturated rings. The molecule has 1 atom stereocenters. The van der Waals surface area contributed by atoms with Crippen molar-refractivity contribution < 1.29 is 33.4 Å². The Morgan fingerprint density at radius 2 is 1.88 bits per heavy atom. The normalized spacial score (nSPS) is 13.0. The second-order valence-corrected chi connectivity index (χ2v) is 5.76. The molecule has 1 heterocycles. The van der Waals surface area contributed by atoms with Crippen LogP contribution in [0.2, 0.25) is 0 Å². The predicted molar refractivity (Wildman–Crippen MR) is 87.3 cm³/mol. The minimum atomic E-state index is -1.21. The van der Waals surface area contributed by atoms with Crippen molar-refractivity contribution >= 4 is 23.8 Å². The average Bonchev–Trinajstić information content (AvgIpc) is 3.04. The van der Waals surface area contributed by atoms with Crippen LogP contribution >= 0.6 is 0 Å². The molecule has 0 bridgehead atoms. The fourth-order valence-electron chi connectivity index (χ4n) is 2.16. The Morgan fingerprint density at radius 3 is 2.54 bits per heavy atom. The molecule has 10 nitrogen and oxygen atoms in total. The zero-order valence-electron chi connectivity index (χ0n) is 14.2. The lowest BCUT2D eigenvalue weighted by Gasteiger charge is -2.19. The van der Waals surface area contributed by atoms with Crippen molar-refractivity contribution in [3.63, 3.8) is 0 Å². The molecule has 1 aromatic rings. The Bertz CT molecular complexity index is 733. The first-order valence-electron chi connectivity index (χ1n) is 7.75. The number of ether oxygens (including phenoxy) is 3. The van der Waals surface area contributed by atoms with Crippen LogP contribution in [0.25, 0.3) is 0 Å². The number of primary amides is 1. The average molecular weight is 365 g/mol. The molecule has 0 spiro atoms. The topological polar surface area (TPSA) is 146 Å². The molecule has 0 aliphatic carbocycles. The lowest BCUT2D eigenvalue weighted by molar-refractivity contribution is -0.157. The maximum atomic E-state index is 12.1. The van der Waals surface area contributed by atoms with E-state index >= 15 is 0 Å². The van der Waals surface area contributed by atoms with E-state index in [1.165, 1.54) is 12.1 Å². The number of imide groups is 1. The third-order valence-corrected chi connectivity index (χ3v) is 3.40. The largest absolute Gasteiger partial charge is 0.454 e. The van der Waals surface area contributed by atoms with E-state index in [1.807, 2.05) is 5.32 Å². The highest BCUT2D eigenvalue weighted by atomic mass is 16.7. The molecule has 10 heteroatoms. The predicted octanol–water partition coefficient (Wildman–Crippen LogP) is -0.0922. The minimum Gasteiger partial charge on any atom is -0.454 e. The summed E-state index contributed by atoms with van der Waals surface area (Å²) in [5.41, 5.74) is 5.15. The summed E-state index contributed by atoms with van der Waals surface area (Å²) in [5, 5.41) is 4.23. The van der Waals surface area contributed by atoms with Crippen LogP contribution in [0.5, 0.6) is 11.5 Å². The van der Waals surface area contributed by atoms with Crippen LogP contribution in [0.15, 0.2) is 18.2 Å². The van der Waals surface area contributed by atoms with E-state index in [2.05, 4.69) is 5.32 Å². The van der Waals surface area contributed by atoms with Crippen LogP contribution in [-0.4, -0.2) is 43.3 Å². The lowest BCUT2D eigenvalue weighted by Crippen LogP contribution is -2.46. The van der Waals surface area contributed by atoms with Gasteiger partial charge in [-0.2, -0.15) is 0 Å². The fourth-order valence-corrected chi connectivity index (χ4v) is 2.16. The summed E-state index contributed by atoms with van der Waals surface area (Å²) in [6.07, 6.45) is -1.21. The summed E-state index contributed by atoms with van der Waals surface area (Å²) in [5.74, 6) is -1.63. The molecule has 26 heavy (non-hydrogen) atoms. The SMILES string of the molecule is CC(C)[C@H](OC(=O)CNC(=O)c1ccc2c(c1)OCO2)C(=O)NC(N)=O. The van der Waals surface area contributed by atoms with Gasteiger partial charge in [0.25, 0.3) is 11.8 Å². The van der Waals surface area contributed by atoms with Gasteiger partial charge in [-0.25, -0.2) is 4.79 Å². The first-order valence-corrected chi connectivity index (χ1v) is 7.75. The van der Waals surface area contributed by atoms with Gasteiger partial charge in [0, 0.05) is 5.56 Å². The molecule has 4 amide bonds. The van der Waals surface area contributed by atoms with E-state index < -0.39 is 42.4 Å². The van der Waals surface area contributed by atoms with Crippen molar-refractivity contribution in [2.75, 3.05) is 13.3 Å². The zero-order chi connectivity index (χ0) is 19.3. The van der Waals surface area contributed by atoms with Crippen LogP contribution in [0, 0.1) is 5.92 Å². The van der Waals surface area contributed by atoms with Crippen molar-refractivity contribution in [3.05, 3.63) is 23.8 Å². The van der Waals surface area contributed by atoms with Crippen LogP contribution in [0.1, 0.15) is 24.2 Å². The Morgan fingerprint density at radius 1 is 1.19 bits per heavy atom. The van der Waals surface area contributed by atoms with Gasteiger partial charge in [-0.3, -0.25) is 19.7 Å². The number of urea groups is 1. The first-order chi connectivity index (χ1) is 12.3. The van der Waals surface area contributed by atoms with Gasteiger partial charge in [0.1, 0.15) is 6.54 Å². The zero-order valence-corrected chi connectivity index (χ0v) is 14.2. The number of amides is 4. The number of carbonyl (C=O) groups excluding carboxylic acids is 4. The molecule has 0 saturated heterocycles. The van der Waals surface area contributed by atoms with E-state index in [-0.39, 0.29) is 12.4 Å². The first kappa shape index (κ1) is 19.0. The number of benzene rings is 1. The summed E-state index contributed by atoms with van der Waals surface area (Å²) in [7, 11) is 0. The number of hydrogen-bond acceptors (Lipinski definition) is 7. The third-order valence-electron chi connectivity index (χ3n) is 3.40. The Labute approximate surface area is 149 Å². The second-order valence-electron chi connectivity index (χ2n) is 5.76. The minimum absolute atomic E-state index is 0.0800. The Kier molecular flexibility index (Phi) is 5.99. The van der Waals surface area contributed by atoms with Gasteiger partial charge < -0.3 is 25.3 Å². The van der Waals surface area contributed by atoms with Crippen LogP contribution < -0.4 is 25.8 Å². The number of esters is 1. The molecule has 0 unspecified atom stereocenters. The molecule has 1 aliphatic heterocycles. The number of nitrogens with one attached hydrogen (secondary N) is 2. The van der Waals surface area contributed by atoms with Crippen LogP contribution in [-0.2, 0) is 14.3 Å². The van der Waals surface area contributed by atoms with Gasteiger partial charge in [-0.1, -0.05) is 13.8 Å². The molecule has 1 aromatic carbocycles. The van der Waals surface area contributed by atoms with Gasteiger partial charge >= 0.3 is 12.0 Å². The van der Waals surface area contributed by atoms with E-state index in [0.29, 0.717) is 11.5 Å². The molecule has 140 valence electrons. The number of fused-ring (bicyclic) bond motifs is 1.